The molecule has 0 aromatic heterocycles. The number of halogens is 3. The molecule has 1 aromatic rings. The van der Waals surface area contributed by atoms with E-state index in [4.69, 9.17) is 4.84 Å². The zero-order valence-electron chi connectivity index (χ0n) is 9.21. The maximum absolute atomic E-state index is 13.5. The van der Waals surface area contributed by atoms with Crippen LogP contribution in [0.2, 0.25) is 0 Å². The predicted octanol–water partition coefficient (Wildman–Crippen LogP) is 2.52. The maximum atomic E-state index is 13.5. The fourth-order valence-electron chi connectivity index (χ4n) is 2.66. The summed E-state index contributed by atoms with van der Waals surface area (Å²) in [6.45, 7) is 1.52. The third-order valence-electron chi connectivity index (χ3n) is 3.75. The first-order chi connectivity index (χ1) is 8.07. The summed E-state index contributed by atoms with van der Waals surface area (Å²) in [5.74, 6) is -0.726. The van der Waals surface area contributed by atoms with Gasteiger partial charge in [0.25, 0.3) is 6.43 Å². The highest BCUT2D eigenvalue weighted by Gasteiger charge is 2.65. The molecule has 1 saturated heterocycles. The Kier molecular flexibility index (Phi) is 2.25. The molecule has 0 spiro atoms. The summed E-state index contributed by atoms with van der Waals surface area (Å²) in [4.78, 5) is 5.10. The number of hydrogen-bond donors (Lipinski definition) is 1. The average molecular weight is 243 g/mol. The third kappa shape index (κ3) is 1.35. The Morgan fingerprint density at radius 3 is 2.76 bits per heavy atom. The van der Waals surface area contributed by atoms with E-state index in [1.54, 1.807) is 6.07 Å². The SMILES string of the molecule is Cc1c(F)cccc1[C@@]1(C(F)F)NO[C@@H]2C[C@@H]21. The molecule has 1 N–H and O–H groups in total. The van der Waals surface area contributed by atoms with Crippen LogP contribution in [0.3, 0.4) is 0 Å². The van der Waals surface area contributed by atoms with E-state index in [0.29, 0.717) is 12.0 Å². The average Bonchev–Trinajstić information content (AvgIpc) is 2.97. The van der Waals surface area contributed by atoms with Crippen molar-refractivity contribution in [3.63, 3.8) is 0 Å². The van der Waals surface area contributed by atoms with Crippen LogP contribution in [0, 0.1) is 18.7 Å². The standard InChI is InChI=1S/C12H12F3NO/c1-6-7(3-2-4-9(6)13)12(11(14)15)8-5-10(8)17-16-12/h2-4,8,10-11,16H,5H2,1H3/t8-,10+,12+/m0/s1. The largest absolute Gasteiger partial charge is 0.297 e. The highest BCUT2D eigenvalue weighted by molar-refractivity contribution is 5.38. The topological polar surface area (TPSA) is 21.3 Å². The molecule has 5 heteroatoms. The zero-order valence-corrected chi connectivity index (χ0v) is 9.21. The van der Waals surface area contributed by atoms with Crippen LogP contribution >= 0.6 is 0 Å². The number of benzene rings is 1. The van der Waals surface area contributed by atoms with Crippen LogP contribution in [0.4, 0.5) is 13.2 Å². The van der Waals surface area contributed by atoms with Gasteiger partial charge >= 0.3 is 0 Å². The number of rotatable bonds is 2. The molecular formula is C12H12F3NO. The summed E-state index contributed by atoms with van der Waals surface area (Å²) in [6.07, 6.45) is -2.18. The van der Waals surface area contributed by atoms with Crippen molar-refractivity contribution in [3.05, 3.63) is 35.1 Å². The second-order valence-corrected chi connectivity index (χ2v) is 4.68. The van der Waals surface area contributed by atoms with Gasteiger partial charge in [0, 0.05) is 5.92 Å². The molecule has 2 nitrogen and oxygen atoms in total. The lowest BCUT2D eigenvalue weighted by atomic mass is 9.83. The van der Waals surface area contributed by atoms with E-state index in [0.717, 1.165) is 0 Å². The van der Waals surface area contributed by atoms with Gasteiger partial charge in [-0.2, -0.15) is 5.48 Å². The predicted molar refractivity (Wildman–Crippen MR) is 54.9 cm³/mol. The first-order valence-corrected chi connectivity index (χ1v) is 5.54. The summed E-state index contributed by atoms with van der Waals surface area (Å²) in [5, 5.41) is 0. The Morgan fingerprint density at radius 2 is 2.24 bits per heavy atom. The zero-order chi connectivity index (χ0) is 12.2. The second kappa shape index (κ2) is 3.46. The molecule has 3 rings (SSSR count). The van der Waals surface area contributed by atoms with Crippen LogP contribution in [-0.4, -0.2) is 12.5 Å². The van der Waals surface area contributed by atoms with E-state index < -0.39 is 17.8 Å². The van der Waals surface area contributed by atoms with Gasteiger partial charge in [0.15, 0.2) is 0 Å². The van der Waals surface area contributed by atoms with Crippen LogP contribution in [0.5, 0.6) is 0 Å². The monoisotopic (exact) mass is 243 g/mol. The number of hydroxylamine groups is 1. The van der Waals surface area contributed by atoms with E-state index in [9.17, 15) is 13.2 Å². The van der Waals surface area contributed by atoms with Gasteiger partial charge in [-0.05, 0) is 30.5 Å². The van der Waals surface area contributed by atoms with E-state index in [1.165, 1.54) is 19.1 Å². The van der Waals surface area contributed by atoms with Crippen molar-refractivity contribution >= 4 is 0 Å². The van der Waals surface area contributed by atoms with Crippen molar-refractivity contribution in [1.29, 1.82) is 0 Å². The molecule has 1 aromatic carbocycles. The molecule has 0 amide bonds. The van der Waals surface area contributed by atoms with Crippen molar-refractivity contribution in [2.75, 3.05) is 0 Å². The maximum Gasteiger partial charge on any atom is 0.263 e. The van der Waals surface area contributed by atoms with Crippen molar-refractivity contribution in [2.24, 2.45) is 5.92 Å². The van der Waals surface area contributed by atoms with Crippen molar-refractivity contribution in [3.8, 4) is 0 Å². The van der Waals surface area contributed by atoms with Crippen molar-refractivity contribution in [2.45, 2.75) is 31.4 Å². The summed E-state index contributed by atoms with van der Waals surface area (Å²) < 4.78 is 40.3. The lowest BCUT2D eigenvalue weighted by molar-refractivity contribution is -0.0556. The van der Waals surface area contributed by atoms with Gasteiger partial charge in [0.1, 0.15) is 11.4 Å². The van der Waals surface area contributed by atoms with Gasteiger partial charge in [-0.1, -0.05) is 12.1 Å². The molecule has 2 aliphatic rings. The normalized spacial score (nSPS) is 35.1. The third-order valence-corrected chi connectivity index (χ3v) is 3.75. The van der Waals surface area contributed by atoms with Gasteiger partial charge in [-0.3, -0.25) is 4.84 Å². The Morgan fingerprint density at radius 1 is 1.47 bits per heavy atom. The minimum Gasteiger partial charge on any atom is -0.297 e. The minimum absolute atomic E-state index is 0.160. The van der Waals surface area contributed by atoms with E-state index in [2.05, 4.69) is 5.48 Å². The molecule has 1 aliphatic carbocycles. The number of fused-ring (bicyclic) bond motifs is 1. The first kappa shape index (κ1) is 11.0. The Hall–Kier alpha value is -1.07. The Balaban J connectivity index is 2.14. The molecule has 0 bridgehead atoms. The Bertz CT molecular complexity index is 465. The van der Waals surface area contributed by atoms with Crippen molar-refractivity contribution < 1.29 is 18.0 Å². The highest BCUT2D eigenvalue weighted by Crippen LogP contribution is 2.55. The van der Waals surface area contributed by atoms with Gasteiger partial charge in [0.2, 0.25) is 0 Å². The molecule has 1 aliphatic heterocycles. The highest BCUT2D eigenvalue weighted by atomic mass is 19.3. The summed E-state index contributed by atoms with van der Waals surface area (Å²) in [7, 11) is 0. The fourth-order valence-corrected chi connectivity index (χ4v) is 2.66. The summed E-state index contributed by atoms with van der Waals surface area (Å²) in [5.41, 5.74) is 1.46. The smallest absolute Gasteiger partial charge is 0.263 e. The van der Waals surface area contributed by atoms with Crippen molar-refractivity contribution in [1.82, 2.24) is 5.48 Å². The lowest BCUT2D eigenvalue weighted by Gasteiger charge is -2.31. The molecule has 92 valence electrons. The number of hydrogen-bond acceptors (Lipinski definition) is 2. The fraction of sp³-hybridized carbons (Fsp3) is 0.500. The van der Waals surface area contributed by atoms with Gasteiger partial charge in [0.05, 0.1) is 6.10 Å². The van der Waals surface area contributed by atoms with E-state index in [1.807, 2.05) is 0 Å². The van der Waals surface area contributed by atoms with Crippen LogP contribution in [0.25, 0.3) is 0 Å². The van der Waals surface area contributed by atoms with Crippen LogP contribution in [-0.2, 0) is 10.4 Å². The van der Waals surface area contributed by atoms with Gasteiger partial charge < -0.3 is 0 Å². The van der Waals surface area contributed by atoms with E-state index >= 15 is 0 Å². The van der Waals surface area contributed by atoms with Crippen LogP contribution in [0.15, 0.2) is 18.2 Å². The van der Waals surface area contributed by atoms with Crippen LogP contribution in [0.1, 0.15) is 17.5 Å². The number of alkyl halides is 2. The molecule has 17 heavy (non-hydrogen) atoms. The van der Waals surface area contributed by atoms with Gasteiger partial charge in [-0.15, -0.1) is 0 Å². The lowest BCUT2D eigenvalue weighted by Crippen LogP contribution is -2.47. The molecule has 0 radical (unpaired) electrons. The second-order valence-electron chi connectivity index (χ2n) is 4.68. The van der Waals surface area contributed by atoms with Gasteiger partial charge in [-0.25, -0.2) is 13.2 Å². The summed E-state index contributed by atoms with van der Waals surface area (Å²) in [6, 6.07) is 4.28. The molecule has 3 atom stereocenters. The number of nitrogens with one attached hydrogen (secondary N) is 1. The molecule has 0 unspecified atom stereocenters. The summed E-state index contributed by atoms with van der Waals surface area (Å²) >= 11 is 0. The minimum atomic E-state index is -2.62. The van der Waals surface area contributed by atoms with E-state index in [-0.39, 0.29) is 17.6 Å². The first-order valence-electron chi connectivity index (χ1n) is 5.54. The molecule has 2 fully saturated rings. The molecular weight excluding hydrogens is 231 g/mol. The molecule has 1 saturated carbocycles. The molecule has 1 heterocycles. The quantitative estimate of drug-likeness (QED) is 0.861. The Labute approximate surface area is 96.7 Å². The van der Waals surface area contributed by atoms with Crippen LogP contribution < -0.4 is 5.48 Å².